The number of carbonyl (C=O) groups excluding carboxylic acids is 1. The Balaban J connectivity index is 2.80. The Bertz CT molecular complexity index is 664. The highest BCUT2D eigenvalue weighted by molar-refractivity contribution is 5.95. The highest BCUT2D eigenvalue weighted by Gasteiger charge is 2.15. The summed E-state index contributed by atoms with van der Waals surface area (Å²) in [4.78, 5) is 23.0. The fourth-order valence-electron chi connectivity index (χ4n) is 1.37. The molecular formula is C9H8N4O4. The maximum absolute atomic E-state index is 11.8. The summed E-state index contributed by atoms with van der Waals surface area (Å²) < 4.78 is 0. The van der Waals surface area contributed by atoms with Gasteiger partial charge >= 0.3 is 0 Å². The number of amides is 1. The van der Waals surface area contributed by atoms with Crippen LogP contribution in [0.1, 0.15) is 10.5 Å². The van der Waals surface area contributed by atoms with E-state index in [0.717, 1.165) is 12.1 Å². The molecule has 2 aromatic rings. The average Bonchev–Trinajstić information content (AvgIpc) is 2.31. The molecule has 0 fully saturated rings. The second-order valence-corrected chi connectivity index (χ2v) is 3.26. The van der Waals surface area contributed by atoms with Gasteiger partial charge in [-0.25, -0.2) is 5.84 Å². The smallest absolute Gasteiger partial charge is 0.289 e. The van der Waals surface area contributed by atoms with E-state index in [1.54, 1.807) is 5.43 Å². The van der Waals surface area contributed by atoms with Crippen LogP contribution in [0.25, 0.3) is 10.9 Å². The van der Waals surface area contributed by atoms with Crippen molar-refractivity contribution in [3.8, 4) is 11.5 Å². The molecule has 0 atom stereocenters. The number of nitrogens with zero attached hydrogens (tertiary/aromatic N) is 1. The number of benzene rings is 1. The normalized spacial score (nSPS) is 10.4. The molecule has 88 valence electrons. The van der Waals surface area contributed by atoms with Gasteiger partial charge in [-0.3, -0.25) is 20.1 Å². The van der Waals surface area contributed by atoms with Gasteiger partial charge in [-0.2, -0.15) is 5.10 Å². The lowest BCUT2D eigenvalue weighted by Crippen LogP contribution is -2.35. The molecule has 8 heteroatoms. The number of nitrogen functional groups attached to an aromatic ring is 1. The van der Waals surface area contributed by atoms with E-state index >= 15 is 0 Å². The molecule has 0 aliphatic carbocycles. The van der Waals surface area contributed by atoms with E-state index in [1.807, 2.05) is 0 Å². The van der Waals surface area contributed by atoms with Crippen molar-refractivity contribution in [3.05, 3.63) is 28.0 Å². The van der Waals surface area contributed by atoms with Crippen molar-refractivity contribution in [2.24, 2.45) is 5.84 Å². The van der Waals surface area contributed by atoms with Crippen LogP contribution in [0.5, 0.6) is 11.5 Å². The molecule has 1 amide bonds. The highest BCUT2D eigenvalue weighted by atomic mass is 16.3. The maximum atomic E-state index is 11.8. The van der Waals surface area contributed by atoms with E-state index in [2.05, 4.69) is 10.2 Å². The zero-order valence-corrected chi connectivity index (χ0v) is 8.39. The lowest BCUT2D eigenvalue weighted by atomic mass is 10.2. The second kappa shape index (κ2) is 3.76. The van der Waals surface area contributed by atoms with Crippen molar-refractivity contribution in [1.82, 2.24) is 15.6 Å². The van der Waals surface area contributed by atoms with Crippen molar-refractivity contribution >= 4 is 16.8 Å². The van der Waals surface area contributed by atoms with Crippen LogP contribution in [-0.2, 0) is 0 Å². The van der Waals surface area contributed by atoms with Gasteiger partial charge in [-0.15, -0.1) is 0 Å². The lowest BCUT2D eigenvalue weighted by Gasteiger charge is -2.03. The molecule has 8 nitrogen and oxygen atoms in total. The molecule has 1 aromatic carbocycles. The average molecular weight is 236 g/mol. The number of phenolic OH excluding ortho intramolecular Hbond substituents is 2. The number of hydrogen-bond acceptors (Lipinski definition) is 6. The summed E-state index contributed by atoms with van der Waals surface area (Å²) in [6.07, 6.45) is 0. The molecule has 0 unspecified atom stereocenters. The highest BCUT2D eigenvalue weighted by Crippen LogP contribution is 2.27. The van der Waals surface area contributed by atoms with E-state index in [1.165, 1.54) is 0 Å². The van der Waals surface area contributed by atoms with Crippen LogP contribution in [0.15, 0.2) is 16.9 Å². The van der Waals surface area contributed by atoms with Crippen molar-refractivity contribution in [1.29, 1.82) is 0 Å². The Kier molecular flexibility index (Phi) is 2.41. The van der Waals surface area contributed by atoms with E-state index in [0.29, 0.717) is 0 Å². The fourth-order valence-corrected chi connectivity index (χ4v) is 1.37. The molecule has 0 saturated carbocycles. The van der Waals surface area contributed by atoms with Gasteiger partial charge < -0.3 is 10.2 Å². The number of fused-ring (bicyclic) bond motifs is 1. The maximum Gasteiger partial charge on any atom is 0.289 e. The minimum atomic E-state index is -0.847. The van der Waals surface area contributed by atoms with Crippen LogP contribution < -0.4 is 16.7 Å². The second-order valence-electron chi connectivity index (χ2n) is 3.26. The molecule has 17 heavy (non-hydrogen) atoms. The number of rotatable bonds is 1. The molecule has 0 bridgehead atoms. The molecule has 0 aliphatic heterocycles. The van der Waals surface area contributed by atoms with E-state index in [9.17, 15) is 19.8 Å². The molecule has 1 heterocycles. The number of hydrogen-bond donors (Lipinski definition) is 5. The topological polar surface area (TPSA) is 141 Å². The van der Waals surface area contributed by atoms with Gasteiger partial charge in [0.15, 0.2) is 17.2 Å². The Morgan fingerprint density at radius 1 is 1.35 bits per heavy atom. The first kappa shape index (κ1) is 10.9. The number of aromatic hydroxyl groups is 2. The van der Waals surface area contributed by atoms with Gasteiger partial charge in [0.2, 0.25) is 5.43 Å². The molecule has 2 rings (SSSR count). The third-order valence-electron chi connectivity index (χ3n) is 2.21. The summed E-state index contributed by atoms with van der Waals surface area (Å²) in [7, 11) is 0. The van der Waals surface area contributed by atoms with E-state index in [4.69, 9.17) is 5.84 Å². The van der Waals surface area contributed by atoms with Gasteiger partial charge in [0.25, 0.3) is 5.91 Å². The van der Waals surface area contributed by atoms with Crippen LogP contribution in [0.4, 0.5) is 0 Å². The van der Waals surface area contributed by atoms with Gasteiger partial charge in [0.05, 0.1) is 10.9 Å². The largest absolute Gasteiger partial charge is 0.504 e. The van der Waals surface area contributed by atoms with Crippen molar-refractivity contribution in [2.45, 2.75) is 0 Å². The predicted octanol–water partition coefficient (Wildman–Crippen LogP) is -1.06. The van der Waals surface area contributed by atoms with Crippen LogP contribution in [0.3, 0.4) is 0 Å². The minimum Gasteiger partial charge on any atom is -0.504 e. The van der Waals surface area contributed by atoms with Crippen molar-refractivity contribution < 1.29 is 15.0 Å². The monoisotopic (exact) mass is 236 g/mol. The summed E-state index contributed by atoms with van der Waals surface area (Å²) in [5.74, 6) is 3.18. The zero-order chi connectivity index (χ0) is 12.6. The SMILES string of the molecule is NNC(=O)c1n[nH]c2cc(O)c(O)cc2c1=O. The Morgan fingerprint density at radius 2 is 2.00 bits per heavy atom. The Hall–Kier alpha value is -2.61. The first-order chi connectivity index (χ1) is 8.04. The molecule has 0 aliphatic rings. The lowest BCUT2D eigenvalue weighted by molar-refractivity contribution is 0.0946. The number of nitrogens with one attached hydrogen (secondary N) is 2. The van der Waals surface area contributed by atoms with Crippen molar-refractivity contribution in [3.63, 3.8) is 0 Å². The summed E-state index contributed by atoms with van der Waals surface area (Å²) in [6, 6.07) is 2.17. The fraction of sp³-hybridized carbons (Fsp3) is 0. The van der Waals surface area contributed by atoms with Gasteiger partial charge in [0.1, 0.15) is 0 Å². The van der Waals surface area contributed by atoms with Crippen LogP contribution >= 0.6 is 0 Å². The van der Waals surface area contributed by atoms with Crippen LogP contribution in [0, 0.1) is 0 Å². The summed E-state index contributed by atoms with van der Waals surface area (Å²) in [5, 5.41) is 24.5. The third kappa shape index (κ3) is 1.66. The quantitative estimate of drug-likeness (QED) is 0.185. The molecule has 0 radical (unpaired) electrons. The number of H-pyrrole nitrogens is 1. The van der Waals surface area contributed by atoms with Gasteiger partial charge in [-0.05, 0) is 6.07 Å². The van der Waals surface area contributed by atoms with Crippen molar-refractivity contribution in [2.75, 3.05) is 0 Å². The van der Waals surface area contributed by atoms with E-state index < -0.39 is 28.5 Å². The predicted molar refractivity (Wildman–Crippen MR) is 57.3 cm³/mol. The molecule has 1 aromatic heterocycles. The Morgan fingerprint density at radius 3 is 2.65 bits per heavy atom. The van der Waals surface area contributed by atoms with Crippen LogP contribution in [0.2, 0.25) is 0 Å². The number of carbonyl (C=O) groups is 1. The minimum absolute atomic E-state index is 0.0221. The van der Waals surface area contributed by atoms with Gasteiger partial charge in [-0.1, -0.05) is 0 Å². The summed E-state index contributed by atoms with van der Waals surface area (Å²) in [5.41, 5.74) is 0.850. The third-order valence-corrected chi connectivity index (χ3v) is 2.21. The number of aromatic amines is 1. The number of phenols is 2. The number of nitrogens with two attached hydrogens (primary N) is 1. The summed E-state index contributed by atoms with van der Waals surface area (Å²) >= 11 is 0. The first-order valence-corrected chi connectivity index (χ1v) is 4.50. The van der Waals surface area contributed by atoms with Crippen LogP contribution in [-0.4, -0.2) is 26.3 Å². The van der Waals surface area contributed by atoms with E-state index in [-0.39, 0.29) is 10.9 Å². The Labute approximate surface area is 93.7 Å². The molecule has 0 spiro atoms. The molecule has 0 saturated heterocycles. The standard InChI is InChI=1S/C9H8N4O4/c10-11-9(17)7-8(16)3-1-5(14)6(15)2-4(3)12-13-7/h1-2,14-15H,10H2,(H,11,17)(H,12,16). The summed E-state index contributed by atoms with van der Waals surface area (Å²) in [6.45, 7) is 0. The molecular weight excluding hydrogens is 228 g/mol. The zero-order valence-electron chi connectivity index (χ0n) is 8.39. The molecule has 6 N–H and O–H groups in total. The van der Waals surface area contributed by atoms with Gasteiger partial charge in [0, 0.05) is 6.07 Å². The number of hydrazine groups is 1. The first-order valence-electron chi connectivity index (χ1n) is 4.50. The number of aromatic nitrogens is 2.